The van der Waals surface area contributed by atoms with Crippen molar-refractivity contribution < 1.29 is 10.6 Å². The molecule has 1 fully saturated rings. The minimum Gasteiger partial charge on any atom is -0.360 e. The van der Waals surface area contributed by atoms with Crippen LogP contribution in [0.2, 0.25) is 0 Å². The highest BCUT2D eigenvalue weighted by Crippen LogP contribution is 2.13. The summed E-state index contributed by atoms with van der Waals surface area (Å²) in [5.41, 5.74) is 6.81. The van der Waals surface area contributed by atoms with Gasteiger partial charge in [0, 0.05) is 23.6 Å². The van der Waals surface area contributed by atoms with Gasteiger partial charge in [-0.15, -0.1) is 0 Å². The Morgan fingerprint density at radius 2 is 1.86 bits per heavy atom. The first-order chi connectivity index (χ1) is 10.4. The number of piperazine rings is 1. The van der Waals surface area contributed by atoms with Gasteiger partial charge in [0.05, 0.1) is 26.2 Å². The Morgan fingerprint density at radius 3 is 2.48 bits per heavy atom. The number of benzene rings is 1. The smallest absolute Gasteiger partial charge is 0.164 e. The number of nitrogens with one attached hydrogen (secondary N) is 1. The minimum atomic E-state index is 0.469. The van der Waals surface area contributed by atoms with Gasteiger partial charge in [0.1, 0.15) is 6.54 Å². The SMILES string of the molecule is [NH3+]C[C@@H](c1cccnc1)[NH+]1CCN(c2ccccc2)CC1. The molecule has 1 saturated heterocycles. The average molecular weight is 284 g/mol. The van der Waals surface area contributed by atoms with Crippen LogP contribution in [0.5, 0.6) is 0 Å². The lowest BCUT2D eigenvalue weighted by Gasteiger charge is -2.36. The molecule has 0 bridgehead atoms. The maximum absolute atomic E-state index is 4.26. The summed E-state index contributed by atoms with van der Waals surface area (Å²) in [4.78, 5) is 8.37. The van der Waals surface area contributed by atoms with Gasteiger partial charge in [-0.3, -0.25) is 4.98 Å². The fraction of sp³-hybridized carbons (Fsp3) is 0.353. The van der Waals surface area contributed by atoms with Crippen molar-refractivity contribution in [2.75, 3.05) is 37.6 Å². The summed E-state index contributed by atoms with van der Waals surface area (Å²) < 4.78 is 0. The van der Waals surface area contributed by atoms with E-state index in [-0.39, 0.29) is 0 Å². The fourth-order valence-corrected chi connectivity index (χ4v) is 3.23. The molecule has 4 nitrogen and oxygen atoms in total. The highest BCUT2D eigenvalue weighted by Gasteiger charge is 2.29. The van der Waals surface area contributed by atoms with Crippen molar-refractivity contribution in [1.82, 2.24) is 4.98 Å². The number of para-hydroxylation sites is 1. The lowest BCUT2D eigenvalue weighted by molar-refractivity contribution is -0.938. The molecule has 0 spiro atoms. The molecule has 3 rings (SSSR count). The van der Waals surface area contributed by atoms with Gasteiger partial charge < -0.3 is 15.5 Å². The normalized spacial score (nSPS) is 17.7. The topological polar surface area (TPSA) is 48.2 Å². The van der Waals surface area contributed by atoms with E-state index in [1.165, 1.54) is 11.3 Å². The summed E-state index contributed by atoms with van der Waals surface area (Å²) in [6, 6.07) is 15.4. The molecule has 0 unspecified atom stereocenters. The zero-order chi connectivity index (χ0) is 14.5. The Bertz CT molecular complexity index is 535. The minimum absolute atomic E-state index is 0.469. The first-order valence-corrected chi connectivity index (χ1v) is 7.72. The molecule has 0 amide bonds. The molecule has 1 aliphatic rings. The second-order valence-corrected chi connectivity index (χ2v) is 5.61. The molecule has 0 radical (unpaired) electrons. The molecule has 1 aromatic heterocycles. The molecule has 0 saturated carbocycles. The van der Waals surface area contributed by atoms with Crippen molar-refractivity contribution in [3.05, 3.63) is 60.4 Å². The lowest BCUT2D eigenvalue weighted by atomic mass is 10.1. The molecular formula is C17H24N4+2. The van der Waals surface area contributed by atoms with Crippen molar-refractivity contribution in [1.29, 1.82) is 0 Å². The maximum atomic E-state index is 4.26. The Kier molecular flexibility index (Phi) is 4.48. The van der Waals surface area contributed by atoms with Crippen LogP contribution in [-0.4, -0.2) is 37.7 Å². The van der Waals surface area contributed by atoms with Crippen LogP contribution >= 0.6 is 0 Å². The first-order valence-electron chi connectivity index (χ1n) is 7.72. The van der Waals surface area contributed by atoms with E-state index in [9.17, 15) is 0 Å². The monoisotopic (exact) mass is 284 g/mol. The molecule has 110 valence electrons. The van der Waals surface area contributed by atoms with Gasteiger partial charge in [-0.05, 0) is 24.3 Å². The molecule has 2 heterocycles. The number of quaternary nitrogens is 2. The van der Waals surface area contributed by atoms with Crippen LogP contribution in [0.1, 0.15) is 11.6 Å². The lowest BCUT2D eigenvalue weighted by Crippen LogP contribution is -3.16. The van der Waals surface area contributed by atoms with E-state index in [0.29, 0.717) is 6.04 Å². The number of anilines is 1. The van der Waals surface area contributed by atoms with E-state index in [4.69, 9.17) is 0 Å². The number of nitrogens with zero attached hydrogens (tertiary/aromatic N) is 2. The maximum Gasteiger partial charge on any atom is 0.164 e. The summed E-state index contributed by atoms with van der Waals surface area (Å²) in [5, 5.41) is 0. The first kappa shape index (κ1) is 14.0. The van der Waals surface area contributed by atoms with Gasteiger partial charge in [0.15, 0.2) is 6.04 Å². The third kappa shape index (κ3) is 3.23. The van der Waals surface area contributed by atoms with E-state index in [2.05, 4.69) is 52.0 Å². The Morgan fingerprint density at radius 1 is 1.10 bits per heavy atom. The van der Waals surface area contributed by atoms with Crippen LogP contribution in [-0.2, 0) is 0 Å². The number of rotatable bonds is 4. The quantitative estimate of drug-likeness (QED) is 0.815. The van der Waals surface area contributed by atoms with E-state index in [1.807, 2.05) is 18.5 Å². The molecule has 2 aromatic rings. The molecular weight excluding hydrogens is 260 g/mol. The van der Waals surface area contributed by atoms with Crippen molar-refractivity contribution in [2.45, 2.75) is 6.04 Å². The predicted molar refractivity (Wildman–Crippen MR) is 84.1 cm³/mol. The zero-order valence-electron chi connectivity index (χ0n) is 12.4. The summed E-state index contributed by atoms with van der Waals surface area (Å²) >= 11 is 0. The van der Waals surface area contributed by atoms with Crippen LogP contribution in [0.4, 0.5) is 5.69 Å². The van der Waals surface area contributed by atoms with Crippen LogP contribution in [0.3, 0.4) is 0 Å². The highest BCUT2D eigenvalue weighted by molar-refractivity contribution is 5.46. The second kappa shape index (κ2) is 6.70. The van der Waals surface area contributed by atoms with Gasteiger partial charge in [0.2, 0.25) is 0 Å². The van der Waals surface area contributed by atoms with E-state index in [1.54, 1.807) is 4.90 Å². The largest absolute Gasteiger partial charge is 0.360 e. The molecule has 4 N–H and O–H groups in total. The predicted octanol–water partition coefficient (Wildman–Crippen LogP) is -0.230. The van der Waals surface area contributed by atoms with Crippen LogP contribution in [0, 0.1) is 0 Å². The second-order valence-electron chi connectivity index (χ2n) is 5.61. The average Bonchev–Trinajstić information content (AvgIpc) is 2.58. The van der Waals surface area contributed by atoms with Gasteiger partial charge in [-0.25, -0.2) is 0 Å². The van der Waals surface area contributed by atoms with Crippen LogP contribution in [0.15, 0.2) is 54.9 Å². The van der Waals surface area contributed by atoms with Gasteiger partial charge >= 0.3 is 0 Å². The molecule has 0 aliphatic carbocycles. The Labute approximate surface area is 126 Å². The Hall–Kier alpha value is -1.91. The van der Waals surface area contributed by atoms with Crippen LogP contribution < -0.4 is 15.5 Å². The molecule has 1 atom stereocenters. The number of pyridine rings is 1. The number of hydrogen-bond donors (Lipinski definition) is 2. The summed E-state index contributed by atoms with van der Waals surface area (Å²) in [6.07, 6.45) is 3.83. The molecule has 1 aromatic carbocycles. The summed E-state index contributed by atoms with van der Waals surface area (Å²) in [7, 11) is 0. The Balaban J connectivity index is 1.65. The van der Waals surface area contributed by atoms with Crippen molar-refractivity contribution in [3.63, 3.8) is 0 Å². The summed E-state index contributed by atoms with van der Waals surface area (Å²) in [5.74, 6) is 0. The van der Waals surface area contributed by atoms with Crippen molar-refractivity contribution in [2.24, 2.45) is 0 Å². The number of hydrogen-bond acceptors (Lipinski definition) is 2. The standard InChI is InChI=1S/C17H22N4/c18-13-17(15-5-4-8-19-14-15)21-11-9-20(10-12-21)16-6-2-1-3-7-16/h1-8,14,17H,9-13,18H2/p+2/t17-/m0/s1. The van der Waals surface area contributed by atoms with E-state index < -0.39 is 0 Å². The molecule has 4 heteroatoms. The van der Waals surface area contributed by atoms with Crippen molar-refractivity contribution >= 4 is 5.69 Å². The van der Waals surface area contributed by atoms with Gasteiger partial charge in [-0.1, -0.05) is 18.2 Å². The fourth-order valence-electron chi connectivity index (χ4n) is 3.23. The van der Waals surface area contributed by atoms with Crippen LogP contribution in [0.25, 0.3) is 0 Å². The molecule has 21 heavy (non-hydrogen) atoms. The highest BCUT2D eigenvalue weighted by atomic mass is 15.3. The van der Waals surface area contributed by atoms with E-state index in [0.717, 1.165) is 32.7 Å². The van der Waals surface area contributed by atoms with Gasteiger partial charge in [-0.2, -0.15) is 0 Å². The number of aromatic nitrogens is 1. The third-order valence-corrected chi connectivity index (χ3v) is 4.40. The zero-order valence-corrected chi connectivity index (χ0v) is 12.4. The molecule has 1 aliphatic heterocycles. The van der Waals surface area contributed by atoms with E-state index >= 15 is 0 Å². The van der Waals surface area contributed by atoms with Gasteiger partial charge in [0.25, 0.3) is 0 Å². The van der Waals surface area contributed by atoms with Crippen molar-refractivity contribution in [3.8, 4) is 0 Å². The summed E-state index contributed by atoms with van der Waals surface area (Å²) in [6.45, 7) is 5.45. The third-order valence-electron chi connectivity index (χ3n) is 4.40.